The molecule has 0 aliphatic carbocycles. The molecule has 0 radical (unpaired) electrons. The molecule has 1 heterocycles. The van der Waals surface area contributed by atoms with Crippen molar-refractivity contribution in [3.8, 4) is 0 Å². The number of hydrogen-bond acceptors (Lipinski definition) is 0. The molecule has 0 fully saturated rings. The van der Waals surface area contributed by atoms with Gasteiger partial charge < -0.3 is 0 Å². The van der Waals surface area contributed by atoms with Crippen molar-refractivity contribution in [2.75, 3.05) is 0 Å². The van der Waals surface area contributed by atoms with Gasteiger partial charge in [0.1, 0.15) is 8.07 Å². The van der Waals surface area contributed by atoms with Crippen LogP contribution in [0.5, 0.6) is 0 Å². The summed E-state index contributed by atoms with van der Waals surface area (Å²) in [5, 5.41) is 1.60. The fourth-order valence-electron chi connectivity index (χ4n) is 2.97. The summed E-state index contributed by atoms with van der Waals surface area (Å²) in [7, 11) is -1.46. The fourth-order valence-corrected chi connectivity index (χ4v) is 6.32. The van der Waals surface area contributed by atoms with Crippen molar-refractivity contribution in [1.29, 1.82) is 0 Å². The van der Waals surface area contributed by atoms with E-state index in [2.05, 4.69) is 85.1 Å². The zero-order valence-corrected chi connectivity index (χ0v) is 12.9. The van der Waals surface area contributed by atoms with Gasteiger partial charge in [-0.1, -0.05) is 90.3 Å². The topological polar surface area (TPSA) is 0 Å². The standard InChI is InChI=1S/C19H20Si/c1-20(16-14-17-9-4-2-5-10-17)15-8-13-19(20)18-11-6-3-7-12-18/h2-7,9-14,16H,8,15H2,1H3/b16-14-. The Labute approximate surface area is 122 Å². The van der Waals surface area contributed by atoms with Crippen molar-refractivity contribution in [3.05, 3.63) is 83.6 Å². The van der Waals surface area contributed by atoms with Crippen molar-refractivity contribution < 1.29 is 0 Å². The van der Waals surface area contributed by atoms with Crippen LogP contribution in [0.2, 0.25) is 12.6 Å². The monoisotopic (exact) mass is 276 g/mol. The third kappa shape index (κ3) is 2.68. The van der Waals surface area contributed by atoms with Crippen LogP contribution in [-0.4, -0.2) is 8.07 Å². The lowest BCUT2D eigenvalue weighted by molar-refractivity contribution is 1.22. The van der Waals surface area contributed by atoms with E-state index in [1.54, 1.807) is 5.20 Å². The molecule has 0 amide bonds. The zero-order chi connectivity index (χ0) is 13.8. The van der Waals surface area contributed by atoms with Gasteiger partial charge in [0.25, 0.3) is 0 Å². The van der Waals surface area contributed by atoms with Gasteiger partial charge in [-0.3, -0.25) is 0 Å². The number of rotatable bonds is 3. The predicted molar refractivity (Wildman–Crippen MR) is 90.9 cm³/mol. The quantitative estimate of drug-likeness (QED) is 0.663. The van der Waals surface area contributed by atoms with Gasteiger partial charge in [0, 0.05) is 0 Å². The first-order valence-electron chi connectivity index (χ1n) is 7.28. The first-order chi connectivity index (χ1) is 9.78. The SMILES string of the molecule is C[Si]1(/C=C\c2ccccc2)CCC=C1c1ccccc1. The van der Waals surface area contributed by atoms with E-state index in [-0.39, 0.29) is 0 Å². The molecule has 0 saturated heterocycles. The highest BCUT2D eigenvalue weighted by atomic mass is 28.3. The molecule has 1 aliphatic rings. The van der Waals surface area contributed by atoms with E-state index < -0.39 is 8.07 Å². The van der Waals surface area contributed by atoms with Gasteiger partial charge in [-0.15, -0.1) is 0 Å². The fraction of sp³-hybridized carbons (Fsp3) is 0.158. The normalized spacial score (nSPS) is 22.1. The zero-order valence-electron chi connectivity index (χ0n) is 11.9. The highest BCUT2D eigenvalue weighted by molar-refractivity contribution is 7.00. The van der Waals surface area contributed by atoms with Crippen molar-refractivity contribution in [1.82, 2.24) is 0 Å². The minimum atomic E-state index is -1.46. The molecular weight excluding hydrogens is 256 g/mol. The van der Waals surface area contributed by atoms with Crippen LogP contribution in [0.1, 0.15) is 17.5 Å². The van der Waals surface area contributed by atoms with Gasteiger partial charge in [-0.05, 0) is 23.6 Å². The molecule has 100 valence electrons. The summed E-state index contributed by atoms with van der Waals surface area (Å²) in [5.41, 5.74) is 5.23. The van der Waals surface area contributed by atoms with Gasteiger partial charge in [0.15, 0.2) is 0 Å². The van der Waals surface area contributed by atoms with E-state index >= 15 is 0 Å². The third-order valence-corrected chi connectivity index (χ3v) is 8.11. The lowest BCUT2D eigenvalue weighted by Gasteiger charge is -2.22. The van der Waals surface area contributed by atoms with E-state index in [1.807, 2.05) is 0 Å². The lowest BCUT2D eigenvalue weighted by atomic mass is 10.2. The van der Waals surface area contributed by atoms with Gasteiger partial charge in [0.05, 0.1) is 0 Å². The second kappa shape index (κ2) is 5.64. The summed E-state index contributed by atoms with van der Waals surface area (Å²) in [6.45, 7) is 2.48. The molecule has 1 aliphatic heterocycles. The minimum absolute atomic E-state index is 1.23. The third-order valence-electron chi connectivity index (χ3n) is 4.16. The van der Waals surface area contributed by atoms with Crippen LogP contribution in [-0.2, 0) is 0 Å². The van der Waals surface area contributed by atoms with Gasteiger partial charge in [0.2, 0.25) is 0 Å². The molecule has 0 bridgehead atoms. The Morgan fingerprint density at radius 1 is 0.900 bits per heavy atom. The maximum Gasteiger partial charge on any atom is 0.107 e. The molecule has 1 unspecified atom stereocenters. The summed E-state index contributed by atoms with van der Waals surface area (Å²) in [6.07, 6.45) is 6.00. The summed E-state index contributed by atoms with van der Waals surface area (Å²) in [4.78, 5) is 0. The summed E-state index contributed by atoms with van der Waals surface area (Å²) in [6, 6.07) is 22.8. The van der Waals surface area contributed by atoms with Crippen LogP contribution in [0.25, 0.3) is 11.3 Å². The highest BCUT2D eigenvalue weighted by Gasteiger charge is 2.32. The molecule has 0 spiro atoms. The first kappa shape index (κ1) is 13.1. The van der Waals surface area contributed by atoms with Gasteiger partial charge >= 0.3 is 0 Å². The number of hydrogen-bond donors (Lipinski definition) is 0. The summed E-state index contributed by atoms with van der Waals surface area (Å²) < 4.78 is 0. The van der Waals surface area contributed by atoms with Crippen molar-refractivity contribution in [2.45, 2.75) is 19.0 Å². The Bertz CT molecular complexity index is 625. The van der Waals surface area contributed by atoms with Gasteiger partial charge in [-0.2, -0.15) is 0 Å². The highest BCUT2D eigenvalue weighted by Crippen LogP contribution is 2.37. The molecule has 2 aromatic rings. The Morgan fingerprint density at radius 3 is 2.25 bits per heavy atom. The number of benzene rings is 2. The minimum Gasteiger partial charge on any atom is -0.0895 e. The van der Waals surface area contributed by atoms with Crippen LogP contribution in [0.15, 0.2) is 72.4 Å². The van der Waals surface area contributed by atoms with Crippen LogP contribution >= 0.6 is 0 Å². The average molecular weight is 276 g/mol. The molecule has 0 saturated carbocycles. The second-order valence-corrected chi connectivity index (χ2v) is 9.89. The van der Waals surface area contributed by atoms with Crippen LogP contribution in [0.4, 0.5) is 0 Å². The molecule has 20 heavy (non-hydrogen) atoms. The first-order valence-corrected chi connectivity index (χ1v) is 10.1. The predicted octanol–water partition coefficient (Wildman–Crippen LogP) is 5.34. The lowest BCUT2D eigenvalue weighted by Crippen LogP contribution is -2.26. The van der Waals surface area contributed by atoms with Crippen LogP contribution < -0.4 is 0 Å². The Kier molecular flexibility index (Phi) is 3.70. The van der Waals surface area contributed by atoms with Crippen LogP contribution in [0, 0.1) is 0 Å². The average Bonchev–Trinajstić information content (AvgIpc) is 2.90. The number of allylic oxidation sites excluding steroid dienone is 1. The van der Waals surface area contributed by atoms with E-state index in [0.717, 1.165) is 0 Å². The van der Waals surface area contributed by atoms with Crippen molar-refractivity contribution in [3.63, 3.8) is 0 Å². The Balaban J connectivity index is 1.88. The molecule has 0 N–H and O–H groups in total. The maximum absolute atomic E-state index is 2.51. The Hall–Kier alpha value is -1.86. The molecule has 1 heteroatoms. The molecule has 1 atom stereocenters. The molecule has 0 aromatic heterocycles. The molecule has 2 aromatic carbocycles. The van der Waals surface area contributed by atoms with Crippen molar-refractivity contribution in [2.24, 2.45) is 0 Å². The summed E-state index contributed by atoms with van der Waals surface area (Å²) >= 11 is 0. The van der Waals surface area contributed by atoms with Crippen molar-refractivity contribution >= 4 is 19.3 Å². The molecular formula is C19H20Si. The van der Waals surface area contributed by atoms with E-state index in [4.69, 9.17) is 0 Å². The summed E-state index contributed by atoms with van der Waals surface area (Å²) in [5.74, 6) is 0. The van der Waals surface area contributed by atoms with E-state index in [9.17, 15) is 0 Å². The largest absolute Gasteiger partial charge is 0.107 e. The Morgan fingerprint density at radius 2 is 1.55 bits per heavy atom. The smallest absolute Gasteiger partial charge is 0.0895 e. The maximum atomic E-state index is 2.51. The second-order valence-electron chi connectivity index (χ2n) is 5.68. The van der Waals surface area contributed by atoms with E-state index in [0.29, 0.717) is 0 Å². The van der Waals surface area contributed by atoms with Gasteiger partial charge in [-0.25, -0.2) is 0 Å². The van der Waals surface area contributed by atoms with E-state index in [1.165, 1.54) is 23.6 Å². The molecule has 3 rings (SSSR count). The molecule has 0 nitrogen and oxygen atoms in total. The van der Waals surface area contributed by atoms with Crippen LogP contribution in [0.3, 0.4) is 0 Å².